The monoisotopic (exact) mass is 264 g/mol. The molecule has 0 bridgehead atoms. The number of pyridine rings is 3. The molecule has 0 spiro atoms. The van der Waals surface area contributed by atoms with Crippen LogP contribution in [0, 0.1) is 5.95 Å². The molecule has 4 nitrogen and oxygen atoms in total. The topological polar surface area (TPSA) is 54.5 Å². The Morgan fingerprint density at radius 2 is 1.95 bits per heavy atom. The van der Waals surface area contributed by atoms with Crippen molar-refractivity contribution in [2.45, 2.75) is 0 Å². The Morgan fingerprint density at radius 3 is 2.85 bits per heavy atom. The number of aromatic nitrogens is 4. The van der Waals surface area contributed by atoms with Crippen LogP contribution in [-0.4, -0.2) is 19.9 Å². The third kappa shape index (κ3) is 1.56. The summed E-state index contributed by atoms with van der Waals surface area (Å²) in [4.78, 5) is 15.5. The Hall–Kier alpha value is -2.82. The minimum atomic E-state index is -0.517. The first kappa shape index (κ1) is 11.0. The summed E-state index contributed by atoms with van der Waals surface area (Å²) in [7, 11) is 0. The lowest BCUT2D eigenvalue weighted by molar-refractivity contribution is 0.587. The lowest BCUT2D eigenvalue weighted by atomic mass is 10.1. The number of rotatable bonds is 1. The third-order valence-electron chi connectivity index (χ3n) is 3.29. The van der Waals surface area contributed by atoms with Crippen LogP contribution in [0.4, 0.5) is 4.39 Å². The molecule has 0 aromatic carbocycles. The number of hydrogen-bond donors (Lipinski definition) is 1. The molecule has 4 rings (SSSR count). The van der Waals surface area contributed by atoms with Gasteiger partial charge in [-0.1, -0.05) is 0 Å². The highest BCUT2D eigenvalue weighted by Gasteiger charge is 2.10. The smallest absolute Gasteiger partial charge is 0.222 e. The van der Waals surface area contributed by atoms with Crippen molar-refractivity contribution in [3.8, 4) is 11.3 Å². The van der Waals surface area contributed by atoms with Crippen molar-refractivity contribution in [2.24, 2.45) is 0 Å². The molecule has 0 atom stereocenters. The number of H-pyrrole nitrogens is 1. The molecule has 4 aromatic heterocycles. The van der Waals surface area contributed by atoms with E-state index in [4.69, 9.17) is 0 Å². The van der Waals surface area contributed by atoms with Gasteiger partial charge in [0.1, 0.15) is 5.65 Å². The van der Waals surface area contributed by atoms with Gasteiger partial charge in [0.2, 0.25) is 5.95 Å². The fourth-order valence-electron chi connectivity index (χ4n) is 2.34. The molecular weight excluding hydrogens is 255 g/mol. The quantitative estimate of drug-likeness (QED) is 0.536. The molecule has 1 N–H and O–H groups in total. The Bertz CT molecular complexity index is 929. The molecule has 0 fully saturated rings. The van der Waals surface area contributed by atoms with Gasteiger partial charge in [-0.2, -0.15) is 4.39 Å². The van der Waals surface area contributed by atoms with E-state index in [1.807, 2.05) is 12.1 Å². The lowest BCUT2D eigenvalue weighted by Gasteiger charge is -2.01. The second-order valence-electron chi connectivity index (χ2n) is 4.48. The van der Waals surface area contributed by atoms with Gasteiger partial charge >= 0.3 is 0 Å². The van der Waals surface area contributed by atoms with Crippen molar-refractivity contribution in [1.29, 1.82) is 0 Å². The molecule has 0 unspecified atom stereocenters. The largest absolute Gasteiger partial charge is 0.339 e. The molecule has 96 valence electrons. The van der Waals surface area contributed by atoms with Gasteiger partial charge in [-0.15, -0.1) is 0 Å². The van der Waals surface area contributed by atoms with E-state index in [-0.39, 0.29) is 0 Å². The van der Waals surface area contributed by atoms with Gasteiger partial charge in [0, 0.05) is 29.4 Å². The van der Waals surface area contributed by atoms with Gasteiger partial charge in [-0.3, -0.25) is 4.98 Å². The Labute approximate surface area is 113 Å². The first-order valence-electron chi connectivity index (χ1n) is 6.16. The van der Waals surface area contributed by atoms with Gasteiger partial charge in [0.05, 0.1) is 16.8 Å². The van der Waals surface area contributed by atoms with Gasteiger partial charge in [-0.25, -0.2) is 9.97 Å². The molecule has 0 amide bonds. The van der Waals surface area contributed by atoms with Crippen molar-refractivity contribution in [1.82, 2.24) is 19.9 Å². The highest BCUT2D eigenvalue weighted by Crippen LogP contribution is 2.26. The number of fused-ring (bicyclic) bond motifs is 3. The normalized spacial score (nSPS) is 11.2. The van der Waals surface area contributed by atoms with Crippen LogP contribution in [-0.2, 0) is 0 Å². The summed E-state index contributed by atoms with van der Waals surface area (Å²) < 4.78 is 13.7. The van der Waals surface area contributed by atoms with Gasteiger partial charge in [-0.05, 0) is 30.3 Å². The number of nitrogens with zero attached hydrogens (tertiary/aromatic N) is 3. The van der Waals surface area contributed by atoms with Crippen LogP contribution in [0.25, 0.3) is 33.2 Å². The predicted molar refractivity (Wildman–Crippen MR) is 74.6 cm³/mol. The van der Waals surface area contributed by atoms with Crippen molar-refractivity contribution in [3.05, 3.63) is 54.9 Å². The van der Waals surface area contributed by atoms with Gasteiger partial charge in [0.15, 0.2) is 0 Å². The number of nitrogens with one attached hydrogen (secondary N) is 1. The van der Waals surface area contributed by atoms with E-state index in [0.29, 0.717) is 16.9 Å². The first-order chi connectivity index (χ1) is 9.83. The summed E-state index contributed by atoms with van der Waals surface area (Å²) in [5.41, 5.74) is 2.63. The number of hydrogen-bond acceptors (Lipinski definition) is 3. The summed E-state index contributed by atoms with van der Waals surface area (Å²) in [6.45, 7) is 0. The molecule has 4 aromatic rings. The molecule has 0 aliphatic rings. The van der Waals surface area contributed by atoms with Crippen LogP contribution in [0.1, 0.15) is 0 Å². The average molecular weight is 264 g/mol. The maximum Gasteiger partial charge on any atom is 0.222 e. The molecule has 20 heavy (non-hydrogen) atoms. The molecule has 0 aliphatic heterocycles. The zero-order valence-corrected chi connectivity index (χ0v) is 10.3. The Balaban J connectivity index is 2.00. The highest BCUT2D eigenvalue weighted by atomic mass is 19.1. The molecule has 4 heterocycles. The number of aromatic amines is 1. The van der Waals surface area contributed by atoms with E-state index < -0.39 is 5.95 Å². The number of halogens is 1. The van der Waals surface area contributed by atoms with Crippen LogP contribution in [0.5, 0.6) is 0 Å². The van der Waals surface area contributed by atoms with Crippen molar-refractivity contribution >= 4 is 21.9 Å². The van der Waals surface area contributed by atoms with Crippen LogP contribution in [0.3, 0.4) is 0 Å². The summed E-state index contributed by atoms with van der Waals surface area (Å²) in [5.74, 6) is -0.517. The van der Waals surface area contributed by atoms with Crippen molar-refractivity contribution in [2.75, 3.05) is 0 Å². The maximum atomic E-state index is 13.7. The third-order valence-corrected chi connectivity index (χ3v) is 3.29. The molecule has 0 aliphatic carbocycles. The van der Waals surface area contributed by atoms with Crippen molar-refractivity contribution < 1.29 is 4.39 Å². The fourth-order valence-corrected chi connectivity index (χ4v) is 2.34. The van der Waals surface area contributed by atoms with Crippen LogP contribution in [0.2, 0.25) is 0 Å². The highest BCUT2D eigenvalue weighted by molar-refractivity contribution is 6.05. The minimum absolute atomic E-state index is 0.395. The SMILES string of the molecule is Fc1ncccc1-c1ccc2c(n1)[nH]c1ccncc12. The van der Waals surface area contributed by atoms with Crippen molar-refractivity contribution in [3.63, 3.8) is 0 Å². The van der Waals surface area contributed by atoms with Crippen LogP contribution < -0.4 is 0 Å². The zero-order valence-electron chi connectivity index (χ0n) is 10.3. The summed E-state index contributed by atoms with van der Waals surface area (Å²) in [6, 6.07) is 8.97. The molecule has 5 heteroatoms. The van der Waals surface area contributed by atoms with E-state index in [1.165, 1.54) is 6.20 Å². The first-order valence-corrected chi connectivity index (χ1v) is 6.16. The van der Waals surface area contributed by atoms with Gasteiger partial charge in [0.25, 0.3) is 0 Å². The van der Waals surface area contributed by atoms with Crippen LogP contribution in [0.15, 0.2) is 48.9 Å². The van der Waals surface area contributed by atoms with E-state index in [9.17, 15) is 4.39 Å². The fraction of sp³-hybridized carbons (Fsp3) is 0. The zero-order chi connectivity index (χ0) is 13.5. The molecular formula is C15H9FN4. The molecule has 0 saturated carbocycles. The standard InChI is InChI=1S/C15H9FN4/c16-14-10(2-1-6-18-14)12-4-3-9-11-8-17-7-5-13(11)20-15(9)19-12/h1-8H,(H,19,20). The molecule has 0 radical (unpaired) electrons. The average Bonchev–Trinajstić information content (AvgIpc) is 2.85. The maximum absolute atomic E-state index is 13.7. The second kappa shape index (κ2) is 4.09. The summed E-state index contributed by atoms with van der Waals surface area (Å²) in [5, 5.41) is 1.98. The van der Waals surface area contributed by atoms with Gasteiger partial charge < -0.3 is 4.98 Å². The van der Waals surface area contributed by atoms with Crippen LogP contribution >= 0.6 is 0 Å². The summed E-state index contributed by atoms with van der Waals surface area (Å²) in [6.07, 6.45) is 4.94. The Kier molecular flexibility index (Phi) is 2.26. The Morgan fingerprint density at radius 1 is 1.00 bits per heavy atom. The molecule has 0 saturated heterocycles. The van der Waals surface area contributed by atoms with E-state index in [1.54, 1.807) is 30.6 Å². The predicted octanol–water partition coefficient (Wildman–Crippen LogP) is 3.31. The minimum Gasteiger partial charge on any atom is -0.339 e. The lowest BCUT2D eigenvalue weighted by Crippen LogP contribution is -1.90. The van der Waals surface area contributed by atoms with E-state index >= 15 is 0 Å². The van der Waals surface area contributed by atoms with E-state index in [0.717, 1.165) is 16.3 Å². The van der Waals surface area contributed by atoms with E-state index in [2.05, 4.69) is 19.9 Å². The second-order valence-corrected chi connectivity index (χ2v) is 4.48. The summed E-state index contributed by atoms with van der Waals surface area (Å²) >= 11 is 0.